The minimum absolute atomic E-state index is 0.145. The highest BCUT2D eigenvalue weighted by Crippen LogP contribution is 2.39. The molecule has 7 heteroatoms. The van der Waals surface area contributed by atoms with Crippen LogP contribution in [0.25, 0.3) is 11.5 Å². The Morgan fingerprint density at radius 3 is 2.44 bits per heavy atom. The molecule has 1 aliphatic rings. The van der Waals surface area contributed by atoms with Crippen LogP contribution in [-0.4, -0.2) is 31.5 Å². The van der Waals surface area contributed by atoms with E-state index in [0.29, 0.717) is 6.54 Å². The third-order valence-electron chi connectivity index (χ3n) is 7.40. The number of anilines is 1. The Morgan fingerprint density at radius 2 is 1.72 bits per heavy atom. The molecule has 0 spiro atoms. The molecule has 0 radical (unpaired) electrons. The topological polar surface area (TPSA) is 55.1 Å². The lowest BCUT2D eigenvalue weighted by molar-refractivity contribution is 0.194. The van der Waals surface area contributed by atoms with E-state index in [9.17, 15) is 4.79 Å². The Bertz CT molecular complexity index is 1650. The summed E-state index contributed by atoms with van der Waals surface area (Å²) in [6, 6.07) is 28.5. The average molecular weight is 534 g/mol. The number of hydrogen-bond donors (Lipinski definition) is 1. The third kappa shape index (κ3) is 4.53. The SMILES string of the molecule is CSc1ccc([C@H]2c3cccn3-c3c(c(C)nn3-c3ccccc3)CN2C(=O)Nc2ccc(C)cc2C)cc1. The molecule has 6 nitrogen and oxygen atoms in total. The van der Waals surface area contributed by atoms with Crippen LogP contribution in [0.5, 0.6) is 0 Å². The number of fused-ring (bicyclic) bond motifs is 3. The van der Waals surface area contributed by atoms with Crippen molar-refractivity contribution in [3.05, 3.63) is 125 Å². The van der Waals surface area contributed by atoms with Gasteiger partial charge >= 0.3 is 6.03 Å². The minimum atomic E-state index is -0.294. The number of urea groups is 1. The Morgan fingerprint density at radius 1 is 0.949 bits per heavy atom. The molecule has 2 aromatic heterocycles. The van der Waals surface area contributed by atoms with Gasteiger partial charge in [0.1, 0.15) is 5.82 Å². The second kappa shape index (κ2) is 10.2. The molecule has 39 heavy (non-hydrogen) atoms. The number of amides is 2. The molecule has 196 valence electrons. The number of carbonyl (C=O) groups is 1. The lowest BCUT2D eigenvalue weighted by Gasteiger charge is -2.31. The van der Waals surface area contributed by atoms with Crippen LogP contribution < -0.4 is 5.32 Å². The van der Waals surface area contributed by atoms with Crippen LogP contribution in [0.15, 0.2) is 96.0 Å². The zero-order chi connectivity index (χ0) is 27.1. The molecule has 0 fully saturated rings. The Labute approximate surface area is 233 Å². The van der Waals surface area contributed by atoms with Crippen molar-refractivity contribution in [2.24, 2.45) is 0 Å². The van der Waals surface area contributed by atoms with Crippen LogP contribution in [0.3, 0.4) is 0 Å². The number of rotatable bonds is 4. The van der Waals surface area contributed by atoms with Crippen molar-refractivity contribution in [2.75, 3.05) is 11.6 Å². The van der Waals surface area contributed by atoms with Crippen molar-refractivity contribution in [1.82, 2.24) is 19.2 Å². The van der Waals surface area contributed by atoms with E-state index in [1.54, 1.807) is 11.8 Å². The molecule has 3 heterocycles. The van der Waals surface area contributed by atoms with Gasteiger partial charge in [-0.05, 0) is 80.6 Å². The van der Waals surface area contributed by atoms with Crippen LogP contribution in [-0.2, 0) is 6.54 Å². The fraction of sp³-hybridized carbons (Fsp3) is 0.188. The molecular formula is C32H31N5OS. The Kier molecular flexibility index (Phi) is 6.53. The molecule has 1 atom stereocenters. The molecule has 0 unspecified atom stereocenters. The summed E-state index contributed by atoms with van der Waals surface area (Å²) >= 11 is 1.71. The summed E-state index contributed by atoms with van der Waals surface area (Å²) in [6.07, 6.45) is 4.15. The van der Waals surface area contributed by atoms with Gasteiger partial charge in [0.25, 0.3) is 0 Å². The first kappa shape index (κ1) is 25.1. The normalized spacial score (nSPS) is 14.5. The van der Waals surface area contributed by atoms with Gasteiger partial charge in [-0.2, -0.15) is 5.10 Å². The van der Waals surface area contributed by atoms with E-state index in [2.05, 4.69) is 77.8 Å². The predicted molar refractivity (Wildman–Crippen MR) is 158 cm³/mol. The fourth-order valence-corrected chi connectivity index (χ4v) is 5.84. The highest BCUT2D eigenvalue weighted by molar-refractivity contribution is 7.98. The molecule has 1 N–H and O–H groups in total. The maximum absolute atomic E-state index is 14.2. The highest BCUT2D eigenvalue weighted by Gasteiger charge is 2.36. The number of aryl methyl sites for hydroxylation is 3. The monoisotopic (exact) mass is 533 g/mol. The molecule has 5 aromatic rings. The van der Waals surface area contributed by atoms with Crippen LogP contribution in [0.1, 0.15) is 39.7 Å². The summed E-state index contributed by atoms with van der Waals surface area (Å²) < 4.78 is 4.19. The van der Waals surface area contributed by atoms with Gasteiger partial charge in [0.15, 0.2) is 0 Å². The van der Waals surface area contributed by atoms with Crippen molar-refractivity contribution in [3.63, 3.8) is 0 Å². The number of thioether (sulfide) groups is 1. The zero-order valence-corrected chi connectivity index (χ0v) is 23.4. The Hall–Kier alpha value is -4.23. The van der Waals surface area contributed by atoms with Crippen molar-refractivity contribution in [2.45, 2.75) is 38.3 Å². The van der Waals surface area contributed by atoms with Crippen molar-refractivity contribution >= 4 is 23.5 Å². The quantitative estimate of drug-likeness (QED) is 0.244. The first-order valence-corrected chi connectivity index (χ1v) is 14.3. The van der Waals surface area contributed by atoms with Gasteiger partial charge in [-0.1, -0.05) is 48.0 Å². The van der Waals surface area contributed by atoms with Crippen LogP contribution >= 0.6 is 11.8 Å². The minimum Gasteiger partial charge on any atom is -0.308 e. The maximum atomic E-state index is 14.2. The lowest BCUT2D eigenvalue weighted by Crippen LogP contribution is -2.38. The van der Waals surface area contributed by atoms with Crippen LogP contribution in [0.2, 0.25) is 0 Å². The Balaban J connectivity index is 1.52. The molecule has 0 saturated heterocycles. The van der Waals surface area contributed by atoms with Crippen LogP contribution in [0.4, 0.5) is 10.5 Å². The summed E-state index contributed by atoms with van der Waals surface area (Å²) in [5, 5.41) is 8.15. The van der Waals surface area contributed by atoms with Gasteiger partial charge in [0.05, 0.1) is 29.7 Å². The van der Waals surface area contributed by atoms with E-state index in [1.165, 1.54) is 10.5 Å². The van der Waals surface area contributed by atoms with E-state index in [4.69, 9.17) is 5.10 Å². The molecule has 6 rings (SSSR count). The number of carbonyl (C=O) groups excluding carboxylic acids is 1. The van der Waals surface area contributed by atoms with E-state index in [1.807, 2.05) is 59.8 Å². The number of nitrogens with one attached hydrogen (secondary N) is 1. The van der Waals surface area contributed by atoms with E-state index >= 15 is 0 Å². The number of benzene rings is 3. The predicted octanol–water partition coefficient (Wildman–Crippen LogP) is 7.45. The molecule has 0 aliphatic carbocycles. The molecular weight excluding hydrogens is 502 g/mol. The number of para-hydroxylation sites is 1. The highest BCUT2D eigenvalue weighted by atomic mass is 32.2. The van der Waals surface area contributed by atoms with Gasteiger partial charge in [-0.25, -0.2) is 9.48 Å². The maximum Gasteiger partial charge on any atom is 0.322 e. The molecule has 2 amide bonds. The van der Waals surface area contributed by atoms with E-state index < -0.39 is 0 Å². The summed E-state index contributed by atoms with van der Waals surface area (Å²) in [6.45, 7) is 6.53. The van der Waals surface area contributed by atoms with Gasteiger partial charge < -0.3 is 14.8 Å². The third-order valence-corrected chi connectivity index (χ3v) is 8.15. The van der Waals surface area contributed by atoms with E-state index in [0.717, 1.165) is 45.3 Å². The summed E-state index contributed by atoms with van der Waals surface area (Å²) in [7, 11) is 0. The molecule has 3 aromatic carbocycles. The van der Waals surface area contributed by atoms with Gasteiger partial charge in [0, 0.05) is 22.3 Å². The first-order chi connectivity index (χ1) is 18.9. The smallest absolute Gasteiger partial charge is 0.308 e. The van der Waals surface area contributed by atoms with Crippen molar-refractivity contribution in [1.29, 1.82) is 0 Å². The van der Waals surface area contributed by atoms with Gasteiger partial charge in [0.2, 0.25) is 0 Å². The summed E-state index contributed by atoms with van der Waals surface area (Å²) in [5.41, 5.74) is 8.00. The average Bonchev–Trinajstić information content (AvgIpc) is 3.51. The lowest BCUT2D eigenvalue weighted by atomic mass is 10.0. The van der Waals surface area contributed by atoms with Crippen LogP contribution in [0, 0.1) is 20.8 Å². The largest absolute Gasteiger partial charge is 0.322 e. The first-order valence-electron chi connectivity index (χ1n) is 13.0. The van der Waals surface area contributed by atoms with Gasteiger partial charge in [-0.15, -0.1) is 11.8 Å². The van der Waals surface area contributed by atoms with E-state index in [-0.39, 0.29) is 12.1 Å². The van der Waals surface area contributed by atoms with Gasteiger partial charge in [-0.3, -0.25) is 0 Å². The number of hydrogen-bond acceptors (Lipinski definition) is 3. The molecule has 0 saturated carbocycles. The second-order valence-electron chi connectivity index (χ2n) is 9.99. The molecule has 1 aliphatic heterocycles. The number of aromatic nitrogens is 3. The van der Waals surface area contributed by atoms with Crippen molar-refractivity contribution in [3.8, 4) is 11.5 Å². The molecule has 0 bridgehead atoms. The second-order valence-corrected chi connectivity index (χ2v) is 10.9. The fourth-order valence-electron chi connectivity index (χ4n) is 5.43. The number of nitrogens with zero attached hydrogens (tertiary/aromatic N) is 4. The standard InChI is InChI=1S/C32H31N5OS/c1-21-12-17-28(22(2)19-21)33-32(38)36-20-27-23(3)34-37(25-9-6-5-7-10-25)31(27)35-18-8-11-29(35)30(36)24-13-15-26(39-4)16-14-24/h5-19,30H,20H2,1-4H3,(H,33,38)/t30-/m0/s1. The van der Waals surface area contributed by atoms with Crippen molar-refractivity contribution < 1.29 is 4.79 Å². The summed E-state index contributed by atoms with van der Waals surface area (Å²) in [4.78, 5) is 17.3. The zero-order valence-electron chi connectivity index (χ0n) is 22.6. The summed E-state index contributed by atoms with van der Waals surface area (Å²) in [5.74, 6) is 0.964.